The van der Waals surface area contributed by atoms with Crippen molar-refractivity contribution in [1.82, 2.24) is 10.2 Å². The average Bonchev–Trinajstić information content (AvgIpc) is 2.29. The number of aromatic amines is 1. The minimum atomic E-state index is -4.40. The van der Waals surface area contributed by atoms with E-state index in [1.807, 2.05) is 0 Å². The van der Waals surface area contributed by atoms with E-state index in [1.165, 1.54) is 31.2 Å². The van der Waals surface area contributed by atoms with Gasteiger partial charge in [0.25, 0.3) is 5.56 Å². The lowest BCUT2D eigenvalue weighted by Gasteiger charge is -2.11. The van der Waals surface area contributed by atoms with Crippen LogP contribution in [0.4, 0.5) is 13.2 Å². The van der Waals surface area contributed by atoms with E-state index in [0.29, 0.717) is 11.3 Å². The second-order valence-corrected chi connectivity index (χ2v) is 3.83. The van der Waals surface area contributed by atoms with Crippen LogP contribution in [0.3, 0.4) is 0 Å². The number of alkyl halides is 3. The van der Waals surface area contributed by atoms with Crippen molar-refractivity contribution < 1.29 is 13.2 Å². The highest BCUT2D eigenvalue weighted by atomic mass is 19.4. The first kappa shape index (κ1) is 12.3. The van der Waals surface area contributed by atoms with Crippen LogP contribution in [0.25, 0.3) is 11.3 Å². The van der Waals surface area contributed by atoms with E-state index in [2.05, 4.69) is 10.2 Å². The smallest absolute Gasteiger partial charge is 0.268 e. The van der Waals surface area contributed by atoms with Crippen molar-refractivity contribution in [3.63, 3.8) is 0 Å². The SMILES string of the molecule is Cc1ccc(-c2ccc(=O)[nH]n2)cc1C(F)(F)F. The van der Waals surface area contributed by atoms with Gasteiger partial charge < -0.3 is 0 Å². The minimum Gasteiger partial charge on any atom is -0.268 e. The van der Waals surface area contributed by atoms with Crippen LogP contribution in [0.2, 0.25) is 0 Å². The molecule has 0 bridgehead atoms. The molecule has 0 aliphatic heterocycles. The standard InChI is InChI=1S/C12H9F3N2O/c1-7-2-3-8(6-9(7)12(13,14)15)10-4-5-11(18)17-16-10/h2-6H,1H3,(H,17,18). The molecule has 18 heavy (non-hydrogen) atoms. The zero-order valence-electron chi connectivity index (χ0n) is 9.38. The molecule has 6 heteroatoms. The Morgan fingerprint density at radius 1 is 1.17 bits per heavy atom. The predicted octanol–water partition coefficient (Wildman–Crippen LogP) is 2.76. The second-order valence-electron chi connectivity index (χ2n) is 3.83. The van der Waals surface area contributed by atoms with Crippen molar-refractivity contribution in [3.05, 3.63) is 51.8 Å². The van der Waals surface area contributed by atoms with Crippen LogP contribution in [0, 0.1) is 6.92 Å². The molecule has 0 atom stereocenters. The molecule has 2 aromatic rings. The summed E-state index contributed by atoms with van der Waals surface area (Å²) >= 11 is 0. The van der Waals surface area contributed by atoms with E-state index in [0.717, 1.165) is 6.07 Å². The maximum atomic E-state index is 12.7. The lowest BCUT2D eigenvalue weighted by Crippen LogP contribution is -2.08. The fourth-order valence-corrected chi connectivity index (χ4v) is 1.59. The number of halogens is 3. The molecule has 0 saturated heterocycles. The highest BCUT2D eigenvalue weighted by Crippen LogP contribution is 2.34. The van der Waals surface area contributed by atoms with Crippen molar-refractivity contribution in [2.45, 2.75) is 13.1 Å². The molecule has 0 amide bonds. The number of hydrogen-bond acceptors (Lipinski definition) is 2. The zero-order chi connectivity index (χ0) is 13.3. The van der Waals surface area contributed by atoms with Crippen LogP contribution >= 0.6 is 0 Å². The Kier molecular flexibility index (Phi) is 2.94. The molecule has 1 aromatic carbocycles. The largest absolute Gasteiger partial charge is 0.416 e. The molecule has 0 fully saturated rings. The van der Waals surface area contributed by atoms with Crippen LogP contribution in [0.1, 0.15) is 11.1 Å². The van der Waals surface area contributed by atoms with Gasteiger partial charge in [0.1, 0.15) is 0 Å². The van der Waals surface area contributed by atoms with Gasteiger partial charge in [-0.25, -0.2) is 5.10 Å². The minimum absolute atomic E-state index is 0.149. The topological polar surface area (TPSA) is 45.8 Å². The van der Waals surface area contributed by atoms with Crippen LogP contribution < -0.4 is 5.56 Å². The molecule has 0 saturated carbocycles. The maximum Gasteiger partial charge on any atom is 0.416 e. The van der Waals surface area contributed by atoms with Crippen LogP contribution in [-0.4, -0.2) is 10.2 Å². The highest BCUT2D eigenvalue weighted by molar-refractivity contribution is 5.60. The first-order valence-electron chi connectivity index (χ1n) is 5.12. The summed E-state index contributed by atoms with van der Waals surface area (Å²) in [6, 6.07) is 6.53. The van der Waals surface area contributed by atoms with Crippen LogP contribution in [0.15, 0.2) is 35.1 Å². The van der Waals surface area contributed by atoms with E-state index in [1.54, 1.807) is 0 Å². The van der Waals surface area contributed by atoms with Crippen LogP contribution in [0.5, 0.6) is 0 Å². The van der Waals surface area contributed by atoms with Gasteiger partial charge in [0.2, 0.25) is 0 Å². The fourth-order valence-electron chi connectivity index (χ4n) is 1.59. The van der Waals surface area contributed by atoms with E-state index >= 15 is 0 Å². The Balaban J connectivity index is 2.54. The van der Waals surface area contributed by atoms with Gasteiger partial charge in [0.05, 0.1) is 11.3 Å². The number of H-pyrrole nitrogens is 1. The summed E-state index contributed by atoms with van der Waals surface area (Å²) < 4.78 is 38.2. The average molecular weight is 254 g/mol. The first-order chi connectivity index (χ1) is 8.38. The van der Waals surface area contributed by atoms with Gasteiger partial charge in [0, 0.05) is 11.6 Å². The Morgan fingerprint density at radius 3 is 2.44 bits per heavy atom. The number of benzene rings is 1. The van der Waals surface area contributed by atoms with Gasteiger partial charge in [-0.15, -0.1) is 0 Å². The molecule has 2 rings (SSSR count). The van der Waals surface area contributed by atoms with Gasteiger partial charge in [-0.3, -0.25) is 4.79 Å². The molecule has 3 nitrogen and oxygen atoms in total. The molecule has 1 N–H and O–H groups in total. The van der Waals surface area contributed by atoms with Gasteiger partial charge in [-0.2, -0.15) is 18.3 Å². The summed E-state index contributed by atoms with van der Waals surface area (Å²) in [7, 11) is 0. The van der Waals surface area contributed by atoms with Crippen molar-refractivity contribution in [2.75, 3.05) is 0 Å². The Hall–Kier alpha value is -2.11. The Labute approximate surface area is 100 Å². The third kappa shape index (κ3) is 2.42. The zero-order valence-corrected chi connectivity index (χ0v) is 9.38. The molecule has 0 radical (unpaired) electrons. The summed E-state index contributed by atoms with van der Waals surface area (Å²) in [6.07, 6.45) is -4.40. The van der Waals surface area contributed by atoms with E-state index < -0.39 is 17.3 Å². The van der Waals surface area contributed by atoms with Gasteiger partial charge in [0.15, 0.2) is 0 Å². The fraction of sp³-hybridized carbons (Fsp3) is 0.167. The highest BCUT2D eigenvalue weighted by Gasteiger charge is 2.32. The molecule has 1 aromatic heterocycles. The lowest BCUT2D eigenvalue weighted by atomic mass is 10.0. The van der Waals surface area contributed by atoms with Crippen molar-refractivity contribution in [3.8, 4) is 11.3 Å². The first-order valence-corrected chi connectivity index (χ1v) is 5.12. The summed E-state index contributed by atoms with van der Waals surface area (Å²) in [5, 5.41) is 5.88. The molecule has 94 valence electrons. The number of nitrogens with zero attached hydrogens (tertiary/aromatic N) is 1. The number of hydrogen-bond donors (Lipinski definition) is 1. The second kappa shape index (κ2) is 4.29. The molecular formula is C12H9F3N2O. The van der Waals surface area contributed by atoms with E-state index in [-0.39, 0.29) is 5.56 Å². The van der Waals surface area contributed by atoms with Crippen molar-refractivity contribution >= 4 is 0 Å². The van der Waals surface area contributed by atoms with Crippen molar-refractivity contribution in [2.24, 2.45) is 0 Å². The molecule has 0 spiro atoms. The van der Waals surface area contributed by atoms with Gasteiger partial charge in [-0.1, -0.05) is 12.1 Å². The Morgan fingerprint density at radius 2 is 1.89 bits per heavy atom. The molecule has 1 heterocycles. The number of nitrogens with one attached hydrogen (secondary N) is 1. The summed E-state index contributed by atoms with van der Waals surface area (Å²) in [6.45, 7) is 1.40. The summed E-state index contributed by atoms with van der Waals surface area (Å²) in [5.41, 5.74) is -0.352. The monoisotopic (exact) mass is 254 g/mol. The normalized spacial score (nSPS) is 11.6. The summed E-state index contributed by atoms with van der Waals surface area (Å²) in [4.78, 5) is 10.8. The number of aromatic nitrogens is 2. The van der Waals surface area contributed by atoms with Gasteiger partial charge in [-0.05, 0) is 24.6 Å². The van der Waals surface area contributed by atoms with E-state index in [4.69, 9.17) is 0 Å². The maximum absolute atomic E-state index is 12.7. The molecule has 0 aliphatic rings. The third-order valence-corrected chi connectivity index (χ3v) is 2.52. The van der Waals surface area contributed by atoms with E-state index in [9.17, 15) is 18.0 Å². The van der Waals surface area contributed by atoms with Gasteiger partial charge >= 0.3 is 6.18 Å². The molecular weight excluding hydrogens is 245 g/mol. The summed E-state index contributed by atoms with van der Waals surface area (Å²) in [5.74, 6) is 0. The molecule has 0 unspecified atom stereocenters. The van der Waals surface area contributed by atoms with Crippen molar-refractivity contribution in [1.29, 1.82) is 0 Å². The number of aryl methyl sites for hydroxylation is 1. The third-order valence-electron chi connectivity index (χ3n) is 2.52. The lowest BCUT2D eigenvalue weighted by molar-refractivity contribution is -0.138. The quantitative estimate of drug-likeness (QED) is 0.850. The van der Waals surface area contributed by atoms with Crippen LogP contribution in [-0.2, 0) is 6.18 Å². The predicted molar refractivity (Wildman–Crippen MR) is 60.0 cm³/mol. The Bertz CT molecular complexity index is 611. The molecule has 0 aliphatic carbocycles. The number of rotatable bonds is 1.